The minimum absolute atomic E-state index is 0.207. The van der Waals surface area contributed by atoms with Crippen LogP contribution in [0.2, 0.25) is 0 Å². The van der Waals surface area contributed by atoms with Gasteiger partial charge in [-0.2, -0.15) is 5.26 Å². The summed E-state index contributed by atoms with van der Waals surface area (Å²) >= 11 is 0. The van der Waals surface area contributed by atoms with E-state index in [0.29, 0.717) is 23.8 Å². The van der Waals surface area contributed by atoms with Crippen molar-refractivity contribution < 1.29 is 0 Å². The highest BCUT2D eigenvalue weighted by Crippen LogP contribution is 2.38. The van der Waals surface area contributed by atoms with Gasteiger partial charge in [0.1, 0.15) is 0 Å². The maximum atomic E-state index is 12.4. The van der Waals surface area contributed by atoms with Gasteiger partial charge in [0, 0.05) is 49.7 Å². The number of nitriles is 1. The summed E-state index contributed by atoms with van der Waals surface area (Å²) in [4.78, 5) is 29.5. The van der Waals surface area contributed by atoms with Crippen LogP contribution in [0.4, 0.5) is 5.69 Å². The van der Waals surface area contributed by atoms with E-state index in [0.717, 1.165) is 55.7 Å². The molecule has 1 saturated heterocycles. The number of hydrogen-bond acceptors (Lipinski definition) is 5. The van der Waals surface area contributed by atoms with E-state index in [9.17, 15) is 9.59 Å². The van der Waals surface area contributed by atoms with Crippen molar-refractivity contribution in [2.24, 2.45) is 5.92 Å². The molecule has 1 aliphatic carbocycles. The van der Waals surface area contributed by atoms with E-state index in [1.165, 1.54) is 0 Å². The lowest BCUT2D eigenvalue weighted by Crippen LogP contribution is -2.56. The Bertz CT molecular complexity index is 1040. The van der Waals surface area contributed by atoms with Gasteiger partial charge in [0.2, 0.25) is 0 Å². The Morgan fingerprint density at radius 1 is 1.32 bits per heavy atom. The largest absolute Gasteiger partial charge is 0.370 e. The SMILES string of the molecule is CCC(NCCC#N)C1CN(c2ccc3c(=O)[nH]c(=O)n(C4CC4)c3c2C)C1. The molecule has 7 nitrogen and oxygen atoms in total. The van der Waals surface area contributed by atoms with Gasteiger partial charge in [0.25, 0.3) is 5.56 Å². The van der Waals surface area contributed by atoms with Crippen LogP contribution in [0.25, 0.3) is 10.9 Å². The number of benzene rings is 1. The molecule has 1 unspecified atom stereocenters. The molecular formula is C21H27N5O2. The minimum atomic E-state index is -0.305. The normalized spacial score (nSPS) is 18.1. The molecule has 2 N–H and O–H groups in total. The van der Waals surface area contributed by atoms with E-state index >= 15 is 0 Å². The van der Waals surface area contributed by atoms with Gasteiger partial charge < -0.3 is 10.2 Å². The molecule has 1 aliphatic heterocycles. The van der Waals surface area contributed by atoms with E-state index in [1.807, 2.05) is 19.1 Å². The van der Waals surface area contributed by atoms with Crippen LogP contribution in [0.15, 0.2) is 21.7 Å². The molecule has 0 spiro atoms. The monoisotopic (exact) mass is 381 g/mol. The number of fused-ring (bicyclic) bond motifs is 1. The second-order valence-electron chi connectivity index (χ2n) is 8.01. The van der Waals surface area contributed by atoms with Crippen LogP contribution in [0, 0.1) is 24.2 Å². The lowest BCUT2D eigenvalue weighted by molar-refractivity contribution is 0.288. The highest BCUT2D eigenvalue weighted by atomic mass is 16.2. The van der Waals surface area contributed by atoms with Crippen molar-refractivity contribution in [3.8, 4) is 6.07 Å². The molecule has 0 bridgehead atoms. The second-order valence-corrected chi connectivity index (χ2v) is 8.01. The Labute approximate surface area is 164 Å². The van der Waals surface area contributed by atoms with Crippen LogP contribution in [0.3, 0.4) is 0 Å². The smallest absolute Gasteiger partial charge is 0.329 e. The van der Waals surface area contributed by atoms with E-state index in [-0.39, 0.29) is 17.3 Å². The molecule has 0 amide bonds. The van der Waals surface area contributed by atoms with Crippen LogP contribution in [-0.4, -0.2) is 35.2 Å². The zero-order valence-corrected chi connectivity index (χ0v) is 16.5. The third-order valence-corrected chi connectivity index (χ3v) is 6.14. The lowest BCUT2D eigenvalue weighted by Gasteiger charge is -2.45. The third-order valence-electron chi connectivity index (χ3n) is 6.14. The summed E-state index contributed by atoms with van der Waals surface area (Å²) in [5, 5.41) is 12.8. The van der Waals surface area contributed by atoms with Gasteiger partial charge in [-0.1, -0.05) is 6.92 Å². The molecule has 1 aromatic heterocycles. The van der Waals surface area contributed by atoms with Gasteiger partial charge in [-0.25, -0.2) is 4.79 Å². The standard InChI is InChI=1S/C21H27N5O2/c1-3-17(23-10-4-9-22)14-11-25(12-14)18-8-7-16-19(13(18)2)26(15-5-6-15)21(28)24-20(16)27/h7-8,14-15,17,23H,3-6,10-12H2,1-2H3,(H,24,27,28). The molecular weight excluding hydrogens is 354 g/mol. The maximum Gasteiger partial charge on any atom is 0.329 e. The van der Waals surface area contributed by atoms with Crippen molar-refractivity contribution in [1.82, 2.24) is 14.9 Å². The van der Waals surface area contributed by atoms with Crippen LogP contribution in [-0.2, 0) is 0 Å². The van der Waals surface area contributed by atoms with Crippen molar-refractivity contribution in [1.29, 1.82) is 5.26 Å². The summed E-state index contributed by atoms with van der Waals surface area (Å²) in [6.45, 7) is 6.82. The van der Waals surface area contributed by atoms with E-state index < -0.39 is 0 Å². The Balaban J connectivity index is 1.60. The highest BCUT2D eigenvalue weighted by molar-refractivity contribution is 5.87. The number of H-pyrrole nitrogens is 1. The van der Waals surface area contributed by atoms with Gasteiger partial charge in [0.15, 0.2) is 0 Å². The fourth-order valence-electron chi connectivity index (χ4n) is 4.45. The molecule has 1 saturated carbocycles. The van der Waals surface area contributed by atoms with Crippen LogP contribution < -0.4 is 21.5 Å². The summed E-state index contributed by atoms with van der Waals surface area (Å²) < 4.78 is 1.78. The number of hydrogen-bond donors (Lipinski definition) is 2. The Kier molecular flexibility index (Phi) is 4.98. The van der Waals surface area contributed by atoms with Gasteiger partial charge in [0.05, 0.1) is 17.0 Å². The molecule has 2 aliphatic rings. The van der Waals surface area contributed by atoms with E-state index in [1.54, 1.807) is 4.57 Å². The third kappa shape index (κ3) is 3.22. The predicted molar refractivity (Wildman–Crippen MR) is 110 cm³/mol. The maximum absolute atomic E-state index is 12.4. The fraction of sp³-hybridized carbons (Fsp3) is 0.571. The van der Waals surface area contributed by atoms with Crippen LogP contribution in [0.1, 0.15) is 44.2 Å². The van der Waals surface area contributed by atoms with E-state index in [4.69, 9.17) is 5.26 Å². The zero-order valence-electron chi connectivity index (χ0n) is 16.5. The fourth-order valence-corrected chi connectivity index (χ4v) is 4.45. The van der Waals surface area contributed by atoms with E-state index in [2.05, 4.69) is 28.2 Å². The first-order valence-corrected chi connectivity index (χ1v) is 10.2. The molecule has 7 heteroatoms. The molecule has 4 rings (SSSR count). The second kappa shape index (κ2) is 7.44. The number of aryl methyl sites for hydroxylation is 1. The Morgan fingerprint density at radius 3 is 2.71 bits per heavy atom. The average Bonchev–Trinajstić information content (AvgIpc) is 3.46. The summed E-state index contributed by atoms with van der Waals surface area (Å²) in [6.07, 6.45) is 3.55. The first kappa shape index (κ1) is 18.8. The van der Waals surface area contributed by atoms with Gasteiger partial charge >= 0.3 is 5.69 Å². The van der Waals surface area contributed by atoms with Crippen molar-refractivity contribution in [3.63, 3.8) is 0 Å². The summed E-state index contributed by atoms with van der Waals surface area (Å²) in [7, 11) is 0. The van der Waals surface area contributed by atoms with Crippen LogP contribution in [0.5, 0.6) is 0 Å². The quantitative estimate of drug-likeness (QED) is 0.716. The number of aromatic nitrogens is 2. The highest BCUT2D eigenvalue weighted by Gasteiger charge is 2.34. The topological polar surface area (TPSA) is 93.9 Å². The van der Waals surface area contributed by atoms with Gasteiger partial charge in [-0.05, 0) is 43.9 Å². The number of rotatable bonds is 7. The first-order chi connectivity index (χ1) is 13.5. The molecule has 2 fully saturated rings. The lowest BCUT2D eigenvalue weighted by atomic mass is 9.88. The molecule has 2 aromatic rings. The molecule has 0 radical (unpaired) electrons. The Morgan fingerprint density at radius 2 is 2.07 bits per heavy atom. The van der Waals surface area contributed by atoms with Gasteiger partial charge in [-0.15, -0.1) is 0 Å². The minimum Gasteiger partial charge on any atom is -0.370 e. The number of aromatic amines is 1. The molecule has 1 atom stereocenters. The van der Waals surface area contributed by atoms with Crippen LogP contribution >= 0.6 is 0 Å². The van der Waals surface area contributed by atoms with Crippen molar-refractivity contribution in [2.45, 2.75) is 51.6 Å². The van der Waals surface area contributed by atoms with Crippen molar-refractivity contribution in [2.75, 3.05) is 24.5 Å². The average molecular weight is 381 g/mol. The zero-order chi connectivity index (χ0) is 19.8. The Hall–Kier alpha value is -2.59. The number of nitrogens with zero attached hydrogens (tertiary/aromatic N) is 3. The number of nitrogens with one attached hydrogen (secondary N) is 2. The van der Waals surface area contributed by atoms with Crippen molar-refractivity contribution in [3.05, 3.63) is 38.5 Å². The van der Waals surface area contributed by atoms with Gasteiger partial charge in [-0.3, -0.25) is 14.3 Å². The first-order valence-electron chi connectivity index (χ1n) is 10.2. The summed E-state index contributed by atoms with van der Waals surface area (Å²) in [5.74, 6) is 0.545. The number of anilines is 1. The summed E-state index contributed by atoms with van der Waals surface area (Å²) in [5.41, 5.74) is 2.30. The van der Waals surface area contributed by atoms with Crippen molar-refractivity contribution >= 4 is 16.6 Å². The molecule has 28 heavy (non-hydrogen) atoms. The molecule has 1 aromatic carbocycles. The molecule has 2 heterocycles. The summed E-state index contributed by atoms with van der Waals surface area (Å²) in [6, 6.07) is 6.66. The predicted octanol–water partition coefficient (Wildman–Crippen LogP) is 2.05. The molecule has 148 valence electrons.